The second-order valence-corrected chi connectivity index (χ2v) is 5.69. The maximum Gasteiger partial charge on any atom is 0.241 e. The maximum absolute atomic E-state index is 14.2. The SMILES string of the molecule is O=C(Cn1ccnn1)NC[C@@H](c1ccccc1F)N1CCCC1. The van der Waals surface area contributed by atoms with Gasteiger partial charge in [-0.3, -0.25) is 9.69 Å². The van der Waals surface area contributed by atoms with E-state index in [1.807, 2.05) is 6.07 Å². The third-order valence-corrected chi connectivity index (χ3v) is 4.12. The fourth-order valence-corrected chi connectivity index (χ4v) is 2.96. The zero-order valence-corrected chi connectivity index (χ0v) is 12.9. The molecule has 6 nitrogen and oxygen atoms in total. The van der Waals surface area contributed by atoms with Crippen LogP contribution < -0.4 is 5.32 Å². The van der Waals surface area contributed by atoms with Crippen molar-refractivity contribution in [2.75, 3.05) is 19.6 Å². The number of hydrogen-bond acceptors (Lipinski definition) is 4. The van der Waals surface area contributed by atoms with E-state index in [2.05, 4.69) is 20.5 Å². The number of hydrogen-bond donors (Lipinski definition) is 1. The van der Waals surface area contributed by atoms with Gasteiger partial charge < -0.3 is 5.32 Å². The van der Waals surface area contributed by atoms with E-state index in [4.69, 9.17) is 0 Å². The molecule has 0 saturated carbocycles. The molecule has 2 aromatic rings. The zero-order chi connectivity index (χ0) is 16.1. The molecule has 122 valence electrons. The van der Waals surface area contributed by atoms with E-state index in [0.717, 1.165) is 25.9 Å². The molecule has 1 amide bonds. The predicted molar refractivity (Wildman–Crippen MR) is 83.0 cm³/mol. The van der Waals surface area contributed by atoms with Gasteiger partial charge in [-0.05, 0) is 32.0 Å². The van der Waals surface area contributed by atoms with Crippen molar-refractivity contribution in [1.82, 2.24) is 25.2 Å². The van der Waals surface area contributed by atoms with Gasteiger partial charge in [-0.1, -0.05) is 23.4 Å². The van der Waals surface area contributed by atoms with Gasteiger partial charge in [0.2, 0.25) is 5.91 Å². The average molecular weight is 317 g/mol. The van der Waals surface area contributed by atoms with Gasteiger partial charge in [-0.2, -0.15) is 0 Å². The highest BCUT2D eigenvalue weighted by Gasteiger charge is 2.25. The number of aromatic nitrogens is 3. The molecule has 1 fully saturated rings. The number of likely N-dealkylation sites (tertiary alicyclic amines) is 1. The summed E-state index contributed by atoms with van der Waals surface area (Å²) in [5.41, 5.74) is 0.635. The Labute approximate surface area is 134 Å². The Morgan fingerprint density at radius 1 is 1.30 bits per heavy atom. The highest BCUT2D eigenvalue weighted by molar-refractivity contribution is 5.75. The molecule has 1 N–H and O–H groups in total. The lowest BCUT2D eigenvalue weighted by Gasteiger charge is -2.28. The minimum atomic E-state index is -0.227. The molecule has 7 heteroatoms. The van der Waals surface area contributed by atoms with Gasteiger partial charge >= 0.3 is 0 Å². The summed E-state index contributed by atoms with van der Waals surface area (Å²) in [6.07, 6.45) is 5.38. The number of benzene rings is 1. The summed E-state index contributed by atoms with van der Waals surface area (Å²) < 4.78 is 15.6. The number of nitrogens with one attached hydrogen (secondary N) is 1. The van der Waals surface area contributed by atoms with Crippen LogP contribution in [0.3, 0.4) is 0 Å². The van der Waals surface area contributed by atoms with Crippen molar-refractivity contribution in [1.29, 1.82) is 0 Å². The van der Waals surface area contributed by atoms with Gasteiger partial charge in [0.05, 0.1) is 12.2 Å². The molecule has 1 aromatic heterocycles. The van der Waals surface area contributed by atoms with Gasteiger partial charge in [0, 0.05) is 18.3 Å². The van der Waals surface area contributed by atoms with Crippen LogP contribution in [-0.4, -0.2) is 45.4 Å². The van der Waals surface area contributed by atoms with Gasteiger partial charge in [0.15, 0.2) is 0 Å². The molecule has 1 aliphatic rings. The van der Waals surface area contributed by atoms with Crippen molar-refractivity contribution in [2.24, 2.45) is 0 Å². The van der Waals surface area contributed by atoms with Crippen LogP contribution in [0.15, 0.2) is 36.7 Å². The molecule has 0 bridgehead atoms. The Balaban J connectivity index is 1.66. The number of rotatable bonds is 6. The van der Waals surface area contributed by atoms with Crippen molar-refractivity contribution in [2.45, 2.75) is 25.4 Å². The van der Waals surface area contributed by atoms with Crippen LogP contribution in [0.1, 0.15) is 24.4 Å². The Bertz CT molecular complexity index is 640. The smallest absolute Gasteiger partial charge is 0.241 e. The minimum Gasteiger partial charge on any atom is -0.353 e. The first-order chi connectivity index (χ1) is 11.2. The fraction of sp³-hybridized carbons (Fsp3) is 0.438. The largest absolute Gasteiger partial charge is 0.353 e. The van der Waals surface area contributed by atoms with E-state index < -0.39 is 0 Å². The highest BCUT2D eigenvalue weighted by atomic mass is 19.1. The second-order valence-electron chi connectivity index (χ2n) is 5.69. The molecule has 0 radical (unpaired) electrons. The first-order valence-electron chi connectivity index (χ1n) is 7.83. The molecule has 23 heavy (non-hydrogen) atoms. The lowest BCUT2D eigenvalue weighted by Crippen LogP contribution is -2.38. The van der Waals surface area contributed by atoms with Crippen molar-refractivity contribution in [3.8, 4) is 0 Å². The van der Waals surface area contributed by atoms with E-state index in [1.165, 1.54) is 16.9 Å². The van der Waals surface area contributed by atoms with Crippen LogP contribution in [-0.2, 0) is 11.3 Å². The van der Waals surface area contributed by atoms with Crippen molar-refractivity contribution in [3.63, 3.8) is 0 Å². The molecule has 1 aliphatic heterocycles. The summed E-state index contributed by atoms with van der Waals surface area (Å²) >= 11 is 0. The van der Waals surface area contributed by atoms with Gasteiger partial charge in [0.25, 0.3) is 0 Å². The van der Waals surface area contributed by atoms with Gasteiger partial charge in [0.1, 0.15) is 12.4 Å². The van der Waals surface area contributed by atoms with Crippen molar-refractivity contribution in [3.05, 3.63) is 48.0 Å². The Morgan fingerprint density at radius 2 is 2.09 bits per heavy atom. The Kier molecular flexibility index (Phi) is 4.97. The first-order valence-corrected chi connectivity index (χ1v) is 7.83. The number of nitrogens with zero attached hydrogens (tertiary/aromatic N) is 4. The summed E-state index contributed by atoms with van der Waals surface area (Å²) in [5, 5.41) is 10.3. The summed E-state index contributed by atoms with van der Waals surface area (Å²) in [6.45, 7) is 2.36. The minimum absolute atomic E-state index is 0.115. The zero-order valence-electron chi connectivity index (χ0n) is 12.9. The molecule has 2 heterocycles. The van der Waals surface area contributed by atoms with Crippen LogP contribution in [0.4, 0.5) is 4.39 Å². The van der Waals surface area contributed by atoms with E-state index in [9.17, 15) is 9.18 Å². The molecule has 0 spiro atoms. The van der Waals surface area contributed by atoms with E-state index in [-0.39, 0.29) is 24.3 Å². The van der Waals surface area contributed by atoms with E-state index in [1.54, 1.807) is 18.3 Å². The predicted octanol–water partition coefficient (Wildman–Crippen LogP) is 1.37. The second kappa shape index (κ2) is 7.32. The van der Waals surface area contributed by atoms with E-state index >= 15 is 0 Å². The molecular formula is C16H20FN5O. The summed E-state index contributed by atoms with van der Waals surface area (Å²) in [5.74, 6) is -0.383. The van der Waals surface area contributed by atoms with Gasteiger partial charge in [-0.25, -0.2) is 9.07 Å². The number of carbonyl (C=O) groups excluding carboxylic acids is 1. The van der Waals surface area contributed by atoms with Crippen LogP contribution >= 0.6 is 0 Å². The number of carbonyl (C=O) groups is 1. The lowest BCUT2D eigenvalue weighted by atomic mass is 10.0. The summed E-state index contributed by atoms with van der Waals surface area (Å²) in [6, 6.07) is 6.64. The Morgan fingerprint density at radius 3 is 2.78 bits per heavy atom. The number of amides is 1. The van der Waals surface area contributed by atoms with Crippen LogP contribution in [0, 0.1) is 5.82 Å². The molecule has 3 rings (SSSR count). The standard InChI is InChI=1S/C16H20FN5O/c17-14-6-2-1-5-13(14)15(21-8-3-4-9-21)11-18-16(23)12-22-10-7-19-20-22/h1-2,5-7,10,15H,3-4,8-9,11-12H2,(H,18,23)/t15-/m0/s1. The maximum atomic E-state index is 14.2. The molecule has 1 atom stereocenters. The van der Waals surface area contributed by atoms with Crippen LogP contribution in [0.2, 0.25) is 0 Å². The lowest BCUT2D eigenvalue weighted by molar-refractivity contribution is -0.122. The van der Waals surface area contributed by atoms with Crippen LogP contribution in [0.5, 0.6) is 0 Å². The van der Waals surface area contributed by atoms with Crippen molar-refractivity contribution >= 4 is 5.91 Å². The molecular weight excluding hydrogens is 297 g/mol. The monoisotopic (exact) mass is 317 g/mol. The summed E-state index contributed by atoms with van der Waals surface area (Å²) in [4.78, 5) is 14.3. The average Bonchev–Trinajstić information content (AvgIpc) is 3.23. The van der Waals surface area contributed by atoms with E-state index in [0.29, 0.717) is 12.1 Å². The third-order valence-electron chi connectivity index (χ3n) is 4.12. The fourth-order valence-electron chi connectivity index (χ4n) is 2.96. The normalized spacial score (nSPS) is 16.4. The quantitative estimate of drug-likeness (QED) is 0.874. The Hall–Kier alpha value is -2.28. The van der Waals surface area contributed by atoms with Crippen LogP contribution in [0.25, 0.3) is 0 Å². The molecule has 1 aromatic carbocycles. The molecule has 0 aliphatic carbocycles. The molecule has 0 unspecified atom stereocenters. The summed E-state index contributed by atoms with van der Waals surface area (Å²) in [7, 11) is 0. The molecule has 1 saturated heterocycles. The van der Waals surface area contributed by atoms with Gasteiger partial charge in [-0.15, -0.1) is 5.10 Å². The third kappa shape index (κ3) is 3.92. The topological polar surface area (TPSA) is 63.1 Å². The first kappa shape index (κ1) is 15.6. The highest BCUT2D eigenvalue weighted by Crippen LogP contribution is 2.26. The number of halogens is 1. The van der Waals surface area contributed by atoms with Crippen molar-refractivity contribution < 1.29 is 9.18 Å².